The van der Waals surface area contributed by atoms with Gasteiger partial charge >= 0.3 is 5.97 Å². The predicted molar refractivity (Wildman–Crippen MR) is 100 cm³/mol. The number of esters is 1. The van der Waals surface area contributed by atoms with E-state index in [9.17, 15) is 4.79 Å². The van der Waals surface area contributed by atoms with Crippen LogP contribution in [-0.4, -0.2) is 41.7 Å². The quantitative estimate of drug-likeness (QED) is 0.780. The van der Waals surface area contributed by atoms with E-state index < -0.39 is 0 Å². The molecule has 134 valence electrons. The van der Waals surface area contributed by atoms with Crippen LogP contribution in [-0.2, 0) is 28.9 Å². The molecule has 1 aromatic heterocycles. The Morgan fingerprint density at radius 2 is 2.00 bits per heavy atom. The molecule has 0 amide bonds. The van der Waals surface area contributed by atoms with Crippen LogP contribution in [0.4, 0.5) is 0 Å². The summed E-state index contributed by atoms with van der Waals surface area (Å²) in [7, 11) is 2.15. The molecule has 1 saturated carbocycles. The van der Waals surface area contributed by atoms with Crippen LogP contribution < -0.4 is 0 Å². The molecule has 0 radical (unpaired) electrons. The number of hydrogen-bond acceptors (Lipinski definition) is 3. The van der Waals surface area contributed by atoms with Crippen molar-refractivity contribution in [2.24, 2.45) is 0 Å². The minimum absolute atomic E-state index is 0.112. The van der Waals surface area contributed by atoms with Gasteiger partial charge in [0.05, 0.1) is 0 Å². The first-order valence-electron chi connectivity index (χ1n) is 9.29. The number of rotatable bonds is 3. The van der Waals surface area contributed by atoms with E-state index in [1.807, 2.05) is 18.2 Å². The van der Waals surface area contributed by atoms with Crippen molar-refractivity contribution in [2.45, 2.75) is 51.2 Å². The molecule has 0 unspecified atom stereocenters. The van der Waals surface area contributed by atoms with E-state index in [2.05, 4.69) is 16.5 Å². The van der Waals surface area contributed by atoms with Crippen LogP contribution in [0.5, 0.6) is 0 Å². The van der Waals surface area contributed by atoms with E-state index in [1.54, 1.807) is 0 Å². The summed E-state index contributed by atoms with van der Waals surface area (Å²) in [6, 6.07) is 5.99. The van der Waals surface area contributed by atoms with Gasteiger partial charge in [0.25, 0.3) is 0 Å². The van der Waals surface area contributed by atoms with E-state index in [1.165, 1.54) is 29.5 Å². The lowest BCUT2D eigenvalue weighted by molar-refractivity contribution is -0.149. The zero-order valence-electron chi connectivity index (χ0n) is 14.8. The molecule has 2 aliphatic rings. The number of nitrogens with zero attached hydrogens (tertiary/aromatic N) is 2. The first kappa shape index (κ1) is 16.9. The third-order valence-corrected chi connectivity index (χ3v) is 5.85. The Bertz CT molecular complexity index is 793. The van der Waals surface area contributed by atoms with E-state index in [0.29, 0.717) is 6.54 Å². The molecule has 0 bridgehead atoms. The smallest absolute Gasteiger partial charge is 0.326 e. The highest BCUT2D eigenvalue weighted by Crippen LogP contribution is 2.31. The maximum Gasteiger partial charge on any atom is 0.326 e. The molecule has 2 aromatic rings. The maximum atomic E-state index is 12.5. The summed E-state index contributed by atoms with van der Waals surface area (Å²) in [6.07, 6.45) is 6.43. The summed E-state index contributed by atoms with van der Waals surface area (Å²) in [5.41, 5.74) is 3.71. The van der Waals surface area contributed by atoms with Crippen LogP contribution in [0.15, 0.2) is 18.2 Å². The summed E-state index contributed by atoms with van der Waals surface area (Å²) in [5, 5.41) is 1.94. The molecule has 1 fully saturated rings. The molecule has 2 heterocycles. The van der Waals surface area contributed by atoms with Gasteiger partial charge in [0, 0.05) is 41.1 Å². The summed E-state index contributed by atoms with van der Waals surface area (Å²) < 4.78 is 7.87. The fourth-order valence-corrected chi connectivity index (χ4v) is 4.44. The number of fused-ring (bicyclic) bond motifs is 3. The minimum Gasteiger partial charge on any atom is -0.461 e. The van der Waals surface area contributed by atoms with Gasteiger partial charge < -0.3 is 14.2 Å². The Hall–Kier alpha value is -1.52. The lowest BCUT2D eigenvalue weighted by Gasteiger charge is -2.15. The number of likely N-dealkylation sites (N-methyl/N-ethyl adjacent to an activating group) is 1. The molecular formula is C20H25ClN2O2. The second kappa shape index (κ2) is 7.00. The van der Waals surface area contributed by atoms with Crippen LogP contribution in [0.25, 0.3) is 10.9 Å². The fourth-order valence-electron chi connectivity index (χ4n) is 4.26. The Morgan fingerprint density at radius 1 is 1.24 bits per heavy atom. The molecule has 0 spiro atoms. The molecule has 1 aliphatic carbocycles. The van der Waals surface area contributed by atoms with Gasteiger partial charge in [-0.15, -0.1) is 0 Å². The number of carbonyl (C=O) groups is 1. The van der Waals surface area contributed by atoms with Crippen LogP contribution in [0.1, 0.15) is 36.9 Å². The van der Waals surface area contributed by atoms with Crippen LogP contribution in [0.2, 0.25) is 5.02 Å². The number of halogens is 1. The molecule has 4 rings (SSSR count). The SMILES string of the molecule is CN1CCc2c(n(CC(=O)OC3CCCC3)c3ccc(Cl)cc23)CC1. The normalized spacial score (nSPS) is 19.1. The highest BCUT2D eigenvalue weighted by molar-refractivity contribution is 6.31. The minimum atomic E-state index is -0.112. The van der Waals surface area contributed by atoms with Crippen LogP contribution >= 0.6 is 11.6 Å². The fraction of sp³-hybridized carbons (Fsp3) is 0.550. The first-order valence-corrected chi connectivity index (χ1v) is 9.67. The largest absolute Gasteiger partial charge is 0.461 e. The van der Waals surface area contributed by atoms with Crippen molar-refractivity contribution in [3.05, 3.63) is 34.5 Å². The Labute approximate surface area is 153 Å². The average Bonchev–Trinajstić information content (AvgIpc) is 3.12. The number of hydrogen-bond donors (Lipinski definition) is 0. The molecular weight excluding hydrogens is 336 g/mol. The molecule has 1 aliphatic heterocycles. The summed E-state index contributed by atoms with van der Waals surface area (Å²) in [6.45, 7) is 2.34. The highest BCUT2D eigenvalue weighted by Gasteiger charge is 2.24. The van der Waals surface area contributed by atoms with Crippen molar-refractivity contribution >= 4 is 28.5 Å². The summed E-state index contributed by atoms with van der Waals surface area (Å²) >= 11 is 6.25. The lowest BCUT2D eigenvalue weighted by atomic mass is 10.1. The molecule has 0 saturated heterocycles. The van der Waals surface area contributed by atoms with Gasteiger partial charge in [0.1, 0.15) is 12.6 Å². The Morgan fingerprint density at radius 3 is 2.80 bits per heavy atom. The number of aromatic nitrogens is 1. The average molecular weight is 361 g/mol. The molecule has 0 N–H and O–H groups in total. The zero-order chi connectivity index (χ0) is 17.4. The number of benzene rings is 1. The van der Waals surface area contributed by atoms with Gasteiger partial charge in [0.2, 0.25) is 0 Å². The molecule has 4 nitrogen and oxygen atoms in total. The summed E-state index contributed by atoms with van der Waals surface area (Å²) in [4.78, 5) is 14.9. The van der Waals surface area contributed by atoms with Crippen LogP contribution in [0.3, 0.4) is 0 Å². The van der Waals surface area contributed by atoms with E-state index in [4.69, 9.17) is 16.3 Å². The van der Waals surface area contributed by atoms with Gasteiger partial charge in [-0.3, -0.25) is 4.79 Å². The number of carbonyl (C=O) groups excluding carboxylic acids is 1. The monoisotopic (exact) mass is 360 g/mol. The van der Waals surface area contributed by atoms with Gasteiger partial charge in [0.15, 0.2) is 0 Å². The maximum absolute atomic E-state index is 12.5. The van der Waals surface area contributed by atoms with Gasteiger partial charge in [-0.1, -0.05) is 11.6 Å². The van der Waals surface area contributed by atoms with Crippen molar-refractivity contribution in [3.8, 4) is 0 Å². The molecule has 5 heteroatoms. The third-order valence-electron chi connectivity index (χ3n) is 5.61. The van der Waals surface area contributed by atoms with Crippen LogP contribution in [0, 0.1) is 0 Å². The van der Waals surface area contributed by atoms with E-state index in [-0.39, 0.29) is 12.1 Å². The molecule has 1 aromatic carbocycles. The van der Waals surface area contributed by atoms with Crippen molar-refractivity contribution < 1.29 is 9.53 Å². The molecule has 25 heavy (non-hydrogen) atoms. The third kappa shape index (κ3) is 3.42. The first-order chi connectivity index (χ1) is 12.1. The van der Waals surface area contributed by atoms with Crippen molar-refractivity contribution in [2.75, 3.05) is 20.1 Å². The van der Waals surface area contributed by atoms with Crippen molar-refractivity contribution in [1.29, 1.82) is 0 Å². The summed E-state index contributed by atoms with van der Waals surface area (Å²) in [5.74, 6) is -0.112. The molecule has 0 atom stereocenters. The predicted octanol–water partition coefficient (Wildman–Crippen LogP) is 3.81. The standard InChI is InChI=1S/C20H25ClN2O2/c1-22-10-8-16-17-12-14(21)6-7-18(17)23(19(16)9-11-22)13-20(24)25-15-4-2-3-5-15/h6-7,12,15H,2-5,8-11,13H2,1H3. The Balaban J connectivity index is 1.68. The second-order valence-corrected chi connectivity index (χ2v) is 7.81. The van der Waals surface area contributed by atoms with Crippen molar-refractivity contribution in [3.63, 3.8) is 0 Å². The van der Waals surface area contributed by atoms with Gasteiger partial charge in [-0.05, 0) is 62.9 Å². The topological polar surface area (TPSA) is 34.5 Å². The highest BCUT2D eigenvalue weighted by atomic mass is 35.5. The zero-order valence-corrected chi connectivity index (χ0v) is 15.5. The lowest BCUT2D eigenvalue weighted by Crippen LogP contribution is -2.23. The van der Waals surface area contributed by atoms with Gasteiger partial charge in [-0.2, -0.15) is 0 Å². The number of ether oxygens (including phenoxy) is 1. The second-order valence-electron chi connectivity index (χ2n) is 7.37. The Kier molecular flexibility index (Phi) is 4.74. The van der Waals surface area contributed by atoms with E-state index >= 15 is 0 Å². The van der Waals surface area contributed by atoms with Gasteiger partial charge in [-0.25, -0.2) is 0 Å². The van der Waals surface area contributed by atoms with Crippen molar-refractivity contribution in [1.82, 2.24) is 9.47 Å². The van der Waals surface area contributed by atoms with E-state index in [0.717, 1.165) is 49.3 Å².